The van der Waals surface area contributed by atoms with Crippen LogP contribution in [0.25, 0.3) is 0 Å². The average molecular weight is 282 g/mol. The summed E-state index contributed by atoms with van der Waals surface area (Å²) in [5.41, 5.74) is 1.66. The zero-order chi connectivity index (χ0) is 14.4. The molecular formula is C15H23FN2O2. The zero-order valence-corrected chi connectivity index (χ0v) is 11.7. The van der Waals surface area contributed by atoms with Crippen molar-refractivity contribution < 1.29 is 14.6 Å². The van der Waals surface area contributed by atoms with Gasteiger partial charge in [0.25, 0.3) is 0 Å². The fourth-order valence-corrected chi connectivity index (χ4v) is 2.45. The molecule has 0 aromatic heterocycles. The van der Waals surface area contributed by atoms with E-state index in [9.17, 15) is 9.50 Å². The molecule has 0 spiro atoms. The van der Waals surface area contributed by atoms with Crippen molar-refractivity contribution in [1.29, 1.82) is 0 Å². The Kier molecular flexibility index (Phi) is 5.76. The van der Waals surface area contributed by atoms with Gasteiger partial charge in [0.05, 0.1) is 11.8 Å². The van der Waals surface area contributed by atoms with Crippen molar-refractivity contribution in [2.75, 3.05) is 31.1 Å². The molecule has 0 radical (unpaired) electrons. The van der Waals surface area contributed by atoms with Crippen molar-refractivity contribution in [3.8, 4) is 0 Å². The second-order valence-electron chi connectivity index (χ2n) is 5.26. The topological polar surface area (TPSA) is 55.7 Å². The van der Waals surface area contributed by atoms with Crippen LogP contribution in [0.2, 0.25) is 0 Å². The Hall–Kier alpha value is -1.17. The summed E-state index contributed by atoms with van der Waals surface area (Å²) in [5.74, 6) is -0.208. The summed E-state index contributed by atoms with van der Waals surface area (Å²) in [7, 11) is 0. The molecular weight excluding hydrogens is 259 g/mol. The van der Waals surface area contributed by atoms with Crippen LogP contribution in [0.15, 0.2) is 18.2 Å². The standard InChI is InChI=1S/C15H23FN2O2/c16-14-3-2-12(11-17-6-1-9-19)10-15(14)18-7-4-13(20)5-8-18/h2-3,10,13,17,19-20H,1,4-9,11H2. The van der Waals surface area contributed by atoms with Gasteiger partial charge in [-0.3, -0.25) is 0 Å². The van der Waals surface area contributed by atoms with Crippen LogP contribution < -0.4 is 10.2 Å². The van der Waals surface area contributed by atoms with E-state index >= 15 is 0 Å². The number of rotatable bonds is 6. The number of anilines is 1. The van der Waals surface area contributed by atoms with Gasteiger partial charge in [-0.1, -0.05) is 6.07 Å². The third-order valence-electron chi connectivity index (χ3n) is 3.66. The maximum absolute atomic E-state index is 13.9. The predicted octanol–water partition coefficient (Wildman–Crippen LogP) is 1.26. The van der Waals surface area contributed by atoms with E-state index in [4.69, 9.17) is 5.11 Å². The SMILES string of the molecule is OCCCNCc1ccc(F)c(N2CCC(O)CC2)c1. The van der Waals surface area contributed by atoms with E-state index in [1.54, 1.807) is 6.07 Å². The molecule has 0 amide bonds. The van der Waals surface area contributed by atoms with Gasteiger partial charge in [0.1, 0.15) is 5.82 Å². The van der Waals surface area contributed by atoms with Crippen LogP contribution in [-0.4, -0.2) is 42.6 Å². The van der Waals surface area contributed by atoms with Gasteiger partial charge in [0, 0.05) is 26.2 Å². The van der Waals surface area contributed by atoms with Gasteiger partial charge in [-0.05, 0) is 43.5 Å². The number of nitrogens with one attached hydrogen (secondary N) is 1. The number of aliphatic hydroxyl groups excluding tert-OH is 2. The highest BCUT2D eigenvalue weighted by atomic mass is 19.1. The lowest BCUT2D eigenvalue weighted by Gasteiger charge is -2.32. The molecule has 2 rings (SSSR count). The highest BCUT2D eigenvalue weighted by molar-refractivity contribution is 5.50. The van der Waals surface area contributed by atoms with Gasteiger partial charge in [0.2, 0.25) is 0 Å². The first kappa shape index (κ1) is 15.2. The van der Waals surface area contributed by atoms with Gasteiger partial charge in [-0.2, -0.15) is 0 Å². The second kappa shape index (κ2) is 7.57. The molecule has 0 aliphatic carbocycles. The van der Waals surface area contributed by atoms with Crippen LogP contribution in [0, 0.1) is 5.82 Å². The minimum atomic E-state index is -0.252. The van der Waals surface area contributed by atoms with Crippen LogP contribution >= 0.6 is 0 Å². The number of halogens is 1. The summed E-state index contributed by atoms with van der Waals surface area (Å²) in [6.07, 6.45) is 1.85. The van der Waals surface area contributed by atoms with E-state index in [-0.39, 0.29) is 18.5 Å². The maximum Gasteiger partial charge on any atom is 0.146 e. The van der Waals surface area contributed by atoms with E-state index in [0.29, 0.717) is 38.2 Å². The molecule has 0 atom stereocenters. The minimum Gasteiger partial charge on any atom is -0.396 e. The lowest BCUT2D eigenvalue weighted by molar-refractivity contribution is 0.145. The number of aliphatic hydroxyl groups is 2. The molecule has 112 valence electrons. The Labute approximate surface area is 119 Å². The number of hydrogen-bond acceptors (Lipinski definition) is 4. The third kappa shape index (κ3) is 4.16. The fraction of sp³-hybridized carbons (Fsp3) is 0.600. The molecule has 0 unspecified atom stereocenters. The number of nitrogens with zero attached hydrogens (tertiary/aromatic N) is 1. The first-order valence-electron chi connectivity index (χ1n) is 7.23. The summed E-state index contributed by atoms with van der Waals surface area (Å²) < 4.78 is 13.9. The molecule has 1 fully saturated rings. The Morgan fingerprint density at radius 1 is 1.30 bits per heavy atom. The van der Waals surface area contributed by atoms with Crippen LogP contribution in [0.4, 0.5) is 10.1 Å². The summed E-state index contributed by atoms with van der Waals surface area (Å²) >= 11 is 0. The van der Waals surface area contributed by atoms with Crippen molar-refractivity contribution in [3.63, 3.8) is 0 Å². The molecule has 0 saturated carbocycles. The lowest BCUT2D eigenvalue weighted by atomic mass is 10.1. The van der Waals surface area contributed by atoms with Gasteiger partial charge in [-0.25, -0.2) is 4.39 Å². The Morgan fingerprint density at radius 2 is 2.05 bits per heavy atom. The molecule has 1 aliphatic rings. The molecule has 1 saturated heterocycles. The molecule has 20 heavy (non-hydrogen) atoms. The van der Waals surface area contributed by atoms with Crippen molar-refractivity contribution in [1.82, 2.24) is 5.32 Å². The average Bonchev–Trinajstić information content (AvgIpc) is 2.46. The molecule has 1 aliphatic heterocycles. The molecule has 1 aromatic carbocycles. The molecule has 5 heteroatoms. The smallest absolute Gasteiger partial charge is 0.146 e. The Balaban J connectivity index is 1.97. The van der Waals surface area contributed by atoms with Gasteiger partial charge >= 0.3 is 0 Å². The van der Waals surface area contributed by atoms with E-state index in [2.05, 4.69) is 5.32 Å². The van der Waals surface area contributed by atoms with Gasteiger partial charge in [0.15, 0.2) is 0 Å². The summed E-state index contributed by atoms with van der Waals surface area (Å²) in [4.78, 5) is 2.00. The van der Waals surface area contributed by atoms with E-state index in [0.717, 1.165) is 18.5 Å². The van der Waals surface area contributed by atoms with E-state index in [1.807, 2.05) is 11.0 Å². The van der Waals surface area contributed by atoms with Crippen LogP contribution in [0.3, 0.4) is 0 Å². The van der Waals surface area contributed by atoms with Crippen LogP contribution in [0.5, 0.6) is 0 Å². The predicted molar refractivity (Wildman–Crippen MR) is 77.3 cm³/mol. The number of hydrogen-bond donors (Lipinski definition) is 3. The van der Waals surface area contributed by atoms with Gasteiger partial charge in [-0.15, -0.1) is 0 Å². The van der Waals surface area contributed by atoms with Crippen LogP contribution in [-0.2, 0) is 6.54 Å². The van der Waals surface area contributed by atoms with Crippen molar-refractivity contribution >= 4 is 5.69 Å². The minimum absolute atomic E-state index is 0.178. The molecule has 0 bridgehead atoms. The Bertz CT molecular complexity index is 420. The summed E-state index contributed by atoms with van der Waals surface area (Å²) in [6.45, 7) is 2.99. The fourth-order valence-electron chi connectivity index (χ4n) is 2.45. The van der Waals surface area contributed by atoms with Crippen molar-refractivity contribution in [2.24, 2.45) is 0 Å². The van der Waals surface area contributed by atoms with Crippen molar-refractivity contribution in [3.05, 3.63) is 29.6 Å². The first-order valence-corrected chi connectivity index (χ1v) is 7.23. The number of benzene rings is 1. The maximum atomic E-state index is 13.9. The molecule has 1 aromatic rings. The highest BCUT2D eigenvalue weighted by Crippen LogP contribution is 2.24. The van der Waals surface area contributed by atoms with E-state index < -0.39 is 0 Å². The quantitative estimate of drug-likeness (QED) is 0.688. The highest BCUT2D eigenvalue weighted by Gasteiger charge is 2.19. The lowest BCUT2D eigenvalue weighted by Crippen LogP contribution is -2.36. The number of piperidine rings is 1. The van der Waals surface area contributed by atoms with E-state index in [1.165, 1.54) is 6.07 Å². The van der Waals surface area contributed by atoms with Crippen LogP contribution in [0.1, 0.15) is 24.8 Å². The molecule has 3 N–H and O–H groups in total. The molecule has 1 heterocycles. The van der Waals surface area contributed by atoms with Gasteiger partial charge < -0.3 is 20.4 Å². The second-order valence-corrected chi connectivity index (χ2v) is 5.26. The Morgan fingerprint density at radius 3 is 2.75 bits per heavy atom. The third-order valence-corrected chi connectivity index (χ3v) is 3.66. The first-order chi connectivity index (χ1) is 9.70. The van der Waals surface area contributed by atoms with Crippen molar-refractivity contribution in [2.45, 2.75) is 31.9 Å². The summed E-state index contributed by atoms with van der Waals surface area (Å²) in [6, 6.07) is 5.16. The monoisotopic (exact) mass is 282 g/mol. The normalized spacial score (nSPS) is 16.6. The summed E-state index contributed by atoms with van der Waals surface area (Å²) in [5, 5.41) is 21.5. The molecule has 4 nitrogen and oxygen atoms in total. The zero-order valence-electron chi connectivity index (χ0n) is 11.7. The largest absolute Gasteiger partial charge is 0.396 e.